The fourth-order valence-corrected chi connectivity index (χ4v) is 2.29. The van der Waals surface area contributed by atoms with E-state index in [1.165, 1.54) is 0 Å². The number of nitrogens with zero attached hydrogens (tertiary/aromatic N) is 1. The summed E-state index contributed by atoms with van der Waals surface area (Å²) in [5, 5.41) is 8.59. The summed E-state index contributed by atoms with van der Waals surface area (Å²) >= 11 is 0. The molecule has 0 aliphatic heterocycles. The summed E-state index contributed by atoms with van der Waals surface area (Å²) in [7, 11) is 0. The first-order valence-electron chi connectivity index (χ1n) is 6.90. The summed E-state index contributed by atoms with van der Waals surface area (Å²) in [5.41, 5.74) is 2.86. The van der Waals surface area contributed by atoms with Crippen LogP contribution in [0.5, 0.6) is 0 Å². The summed E-state index contributed by atoms with van der Waals surface area (Å²) < 4.78 is 0. The Labute approximate surface area is 143 Å². The fourth-order valence-electron chi connectivity index (χ4n) is 2.29. The van der Waals surface area contributed by atoms with Gasteiger partial charge in [-0.1, -0.05) is 66.7 Å². The molecule has 1 radical (unpaired) electrons. The van der Waals surface area contributed by atoms with Crippen molar-refractivity contribution in [1.82, 2.24) is 0 Å². The van der Waals surface area contributed by atoms with Gasteiger partial charge in [-0.3, -0.25) is 10.3 Å². The molecule has 0 spiro atoms. The molecular weight excluding hydrogens is 359 g/mol. The monoisotopic (exact) mass is 375 g/mol. The fraction of sp³-hybridized carbons (Fsp3) is 0. The molecular formula is C19H16N2Rh. The molecule has 0 atom stereocenters. The minimum Gasteiger partial charge on any atom is -0.295 e. The predicted octanol–water partition coefficient (Wildman–Crippen LogP) is 4.85. The molecule has 0 fully saturated rings. The van der Waals surface area contributed by atoms with Crippen LogP contribution in [0.2, 0.25) is 0 Å². The van der Waals surface area contributed by atoms with Gasteiger partial charge < -0.3 is 0 Å². The zero-order chi connectivity index (χ0) is 14.5. The zero-order valence-electron chi connectivity index (χ0n) is 11.9. The van der Waals surface area contributed by atoms with Crippen LogP contribution < -0.4 is 4.90 Å². The number of anilines is 2. The number of benzene rings is 3. The molecule has 0 aliphatic carbocycles. The standard InChI is InChI=1S/C19H16N2.Rh/c20-19(16-10-4-1-5-11-16)21(17-12-6-2-7-13-17)18-14-8-3-9-15-18;/h1-15,20H;. The van der Waals surface area contributed by atoms with Crippen molar-refractivity contribution in [3.63, 3.8) is 0 Å². The van der Waals surface area contributed by atoms with Crippen LogP contribution in [0.25, 0.3) is 0 Å². The SMILES string of the molecule is N=C(c1ccccc1)N(c1ccccc1)c1ccccc1.[Rh]. The van der Waals surface area contributed by atoms with Crippen molar-refractivity contribution >= 4 is 17.2 Å². The van der Waals surface area contributed by atoms with Gasteiger partial charge in [0, 0.05) is 36.4 Å². The van der Waals surface area contributed by atoms with Gasteiger partial charge in [-0.2, -0.15) is 0 Å². The molecule has 0 aromatic heterocycles. The Bertz CT molecular complexity index is 673. The molecule has 3 heteroatoms. The van der Waals surface area contributed by atoms with E-state index < -0.39 is 0 Å². The summed E-state index contributed by atoms with van der Waals surface area (Å²) in [6, 6.07) is 29.8. The van der Waals surface area contributed by atoms with E-state index in [0.29, 0.717) is 5.84 Å². The van der Waals surface area contributed by atoms with Crippen molar-refractivity contribution in [3.8, 4) is 0 Å². The number of hydrogen-bond acceptors (Lipinski definition) is 1. The van der Waals surface area contributed by atoms with Gasteiger partial charge in [-0.15, -0.1) is 0 Å². The molecule has 2 nitrogen and oxygen atoms in total. The average molecular weight is 375 g/mol. The Morgan fingerprint density at radius 1 is 0.591 bits per heavy atom. The van der Waals surface area contributed by atoms with Gasteiger partial charge in [-0.05, 0) is 24.3 Å². The molecule has 0 saturated carbocycles. The van der Waals surface area contributed by atoms with Crippen LogP contribution in [0.4, 0.5) is 11.4 Å². The number of para-hydroxylation sites is 2. The van der Waals surface area contributed by atoms with Crippen molar-refractivity contribution in [1.29, 1.82) is 5.41 Å². The Kier molecular flexibility index (Phi) is 5.63. The molecule has 3 rings (SSSR count). The van der Waals surface area contributed by atoms with Crippen LogP contribution in [0, 0.1) is 5.41 Å². The molecule has 3 aromatic carbocycles. The van der Waals surface area contributed by atoms with Crippen molar-refractivity contribution in [2.24, 2.45) is 0 Å². The van der Waals surface area contributed by atoms with Crippen molar-refractivity contribution in [3.05, 3.63) is 96.6 Å². The minimum absolute atomic E-state index is 0. The van der Waals surface area contributed by atoms with Gasteiger partial charge in [0.25, 0.3) is 0 Å². The smallest absolute Gasteiger partial charge is 0.137 e. The van der Waals surface area contributed by atoms with Crippen LogP contribution in [0.3, 0.4) is 0 Å². The van der Waals surface area contributed by atoms with Gasteiger partial charge in [0.1, 0.15) is 5.84 Å². The molecule has 22 heavy (non-hydrogen) atoms. The number of nitrogens with one attached hydrogen (secondary N) is 1. The van der Waals surface area contributed by atoms with Crippen LogP contribution >= 0.6 is 0 Å². The van der Waals surface area contributed by atoms with Crippen LogP contribution in [0.1, 0.15) is 5.56 Å². The first kappa shape index (κ1) is 16.1. The van der Waals surface area contributed by atoms with E-state index in [2.05, 4.69) is 0 Å². The van der Waals surface area contributed by atoms with Crippen molar-refractivity contribution < 1.29 is 19.5 Å². The molecule has 0 amide bonds. The van der Waals surface area contributed by atoms with Crippen LogP contribution in [-0.4, -0.2) is 5.84 Å². The Morgan fingerprint density at radius 2 is 0.955 bits per heavy atom. The Hall–Kier alpha value is -2.25. The quantitative estimate of drug-likeness (QED) is 0.396. The Balaban J connectivity index is 0.00000176. The summed E-state index contributed by atoms with van der Waals surface area (Å²) in [4.78, 5) is 1.95. The third-order valence-electron chi connectivity index (χ3n) is 3.30. The summed E-state index contributed by atoms with van der Waals surface area (Å²) in [5.74, 6) is 0.466. The van der Waals surface area contributed by atoms with E-state index in [4.69, 9.17) is 5.41 Å². The molecule has 0 aliphatic rings. The molecule has 0 heterocycles. The number of amidine groups is 1. The Morgan fingerprint density at radius 3 is 1.36 bits per heavy atom. The van der Waals surface area contributed by atoms with Gasteiger partial charge in [0.05, 0.1) is 0 Å². The average Bonchev–Trinajstić information content (AvgIpc) is 2.58. The van der Waals surface area contributed by atoms with E-state index in [1.807, 2.05) is 95.9 Å². The minimum atomic E-state index is 0. The zero-order valence-corrected chi connectivity index (χ0v) is 13.6. The molecule has 0 unspecified atom stereocenters. The normalized spacial score (nSPS) is 9.64. The van der Waals surface area contributed by atoms with E-state index >= 15 is 0 Å². The second-order valence-corrected chi connectivity index (χ2v) is 4.72. The number of rotatable bonds is 3. The molecule has 0 saturated heterocycles. The number of hydrogen-bond donors (Lipinski definition) is 1. The third kappa shape index (κ3) is 3.50. The molecule has 111 valence electrons. The second-order valence-electron chi connectivity index (χ2n) is 4.72. The van der Waals surface area contributed by atoms with Gasteiger partial charge >= 0.3 is 0 Å². The maximum atomic E-state index is 8.59. The van der Waals surface area contributed by atoms with Crippen molar-refractivity contribution in [2.75, 3.05) is 4.90 Å². The second kappa shape index (κ2) is 7.67. The van der Waals surface area contributed by atoms with Gasteiger partial charge in [0.2, 0.25) is 0 Å². The molecule has 3 aromatic rings. The summed E-state index contributed by atoms with van der Waals surface area (Å²) in [6.45, 7) is 0. The maximum absolute atomic E-state index is 8.59. The first-order chi connectivity index (χ1) is 10.4. The van der Waals surface area contributed by atoms with Crippen molar-refractivity contribution in [2.45, 2.75) is 0 Å². The third-order valence-corrected chi connectivity index (χ3v) is 3.30. The first-order valence-corrected chi connectivity index (χ1v) is 6.90. The summed E-state index contributed by atoms with van der Waals surface area (Å²) in [6.07, 6.45) is 0. The van der Waals surface area contributed by atoms with Gasteiger partial charge in [-0.25, -0.2) is 0 Å². The van der Waals surface area contributed by atoms with E-state index in [0.717, 1.165) is 16.9 Å². The molecule has 1 N–H and O–H groups in total. The van der Waals surface area contributed by atoms with E-state index in [-0.39, 0.29) is 19.5 Å². The van der Waals surface area contributed by atoms with Gasteiger partial charge in [0.15, 0.2) is 0 Å². The maximum Gasteiger partial charge on any atom is 0.137 e. The van der Waals surface area contributed by atoms with E-state index in [1.54, 1.807) is 0 Å². The van der Waals surface area contributed by atoms with Crippen LogP contribution in [0.15, 0.2) is 91.0 Å². The topological polar surface area (TPSA) is 27.1 Å². The van der Waals surface area contributed by atoms with Crippen LogP contribution in [-0.2, 0) is 19.5 Å². The largest absolute Gasteiger partial charge is 0.295 e. The van der Waals surface area contributed by atoms with E-state index in [9.17, 15) is 0 Å². The molecule has 0 bridgehead atoms. The predicted molar refractivity (Wildman–Crippen MR) is 88.3 cm³/mol.